The van der Waals surface area contributed by atoms with Crippen LogP contribution >= 0.6 is 11.6 Å². The third kappa shape index (κ3) is 4.09. The molecule has 0 saturated heterocycles. The number of hydrogen-bond acceptors (Lipinski definition) is 5. The van der Waals surface area contributed by atoms with Crippen molar-refractivity contribution >= 4 is 39.7 Å². The number of amides is 1. The molecule has 3 aromatic carbocycles. The molecule has 0 saturated carbocycles. The summed E-state index contributed by atoms with van der Waals surface area (Å²) < 4.78 is 10.6. The van der Waals surface area contributed by atoms with Gasteiger partial charge in [0.05, 0.1) is 18.1 Å². The van der Waals surface area contributed by atoms with E-state index >= 15 is 0 Å². The van der Waals surface area contributed by atoms with Crippen molar-refractivity contribution in [3.05, 3.63) is 69.7 Å². The van der Waals surface area contributed by atoms with Crippen LogP contribution in [0.3, 0.4) is 0 Å². The normalized spacial score (nSPS) is 10.4. The van der Waals surface area contributed by atoms with E-state index in [4.69, 9.17) is 21.1 Å². The highest BCUT2D eigenvalue weighted by molar-refractivity contribution is 6.35. The first-order valence-corrected chi connectivity index (χ1v) is 8.29. The van der Waals surface area contributed by atoms with Crippen molar-refractivity contribution in [1.29, 1.82) is 0 Å². The first-order chi connectivity index (χ1) is 13.0. The fourth-order valence-electron chi connectivity index (χ4n) is 2.59. The van der Waals surface area contributed by atoms with Gasteiger partial charge in [-0.1, -0.05) is 35.9 Å². The maximum Gasteiger partial charge on any atom is 0.296 e. The average molecular weight is 387 g/mol. The van der Waals surface area contributed by atoms with Crippen molar-refractivity contribution in [1.82, 2.24) is 0 Å². The van der Waals surface area contributed by atoms with Crippen molar-refractivity contribution in [2.75, 3.05) is 19.0 Å². The van der Waals surface area contributed by atoms with Crippen LogP contribution in [0.4, 0.5) is 11.4 Å². The highest BCUT2D eigenvalue weighted by atomic mass is 35.5. The summed E-state index contributed by atoms with van der Waals surface area (Å²) in [5.41, 5.74) is -0.199. The molecule has 0 atom stereocenters. The zero-order valence-electron chi connectivity index (χ0n) is 14.3. The second-order valence-electron chi connectivity index (χ2n) is 5.57. The number of fused-ring (bicyclic) bond motifs is 1. The monoisotopic (exact) mass is 386 g/mol. The molecule has 8 heteroatoms. The van der Waals surface area contributed by atoms with Gasteiger partial charge >= 0.3 is 0 Å². The number of carbonyl (C=O) groups is 1. The van der Waals surface area contributed by atoms with E-state index < -0.39 is 10.8 Å². The molecule has 0 heterocycles. The molecule has 0 radical (unpaired) electrons. The zero-order chi connectivity index (χ0) is 19.4. The van der Waals surface area contributed by atoms with E-state index in [0.29, 0.717) is 16.5 Å². The third-order valence-electron chi connectivity index (χ3n) is 3.87. The van der Waals surface area contributed by atoms with Crippen molar-refractivity contribution < 1.29 is 19.2 Å². The molecule has 7 nitrogen and oxygen atoms in total. The zero-order valence-corrected chi connectivity index (χ0v) is 15.0. The molecule has 0 unspecified atom stereocenters. The number of nitro benzene ring substituents is 1. The number of benzene rings is 3. The summed E-state index contributed by atoms with van der Waals surface area (Å²) in [6.45, 7) is -0.311. The number of ether oxygens (including phenoxy) is 2. The summed E-state index contributed by atoms with van der Waals surface area (Å²) in [5, 5.41) is 15.8. The average Bonchev–Trinajstić information content (AvgIpc) is 2.68. The van der Waals surface area contributed by atoms with E-state index in [1.165, 1.54) is 25.3 Å². The highest BCUT2D eigenvalue weighted by Gasteiger charge is 2.17. The Hall–Kier alpha value is -3.32. The molecular formula is C19H15ClN2O5. The molecule has 3 rings (SSSR count). The van der Waals surface area contributed by atoms with Gasteiger partial charge in [0.1, 0.15) is 17.2 Å². The van der Waals surface area contributed by atoms with Crippen LogP contribution in [0.15, 0.2) is 54.6 Å². The van der Waals surface area contributed by atoms with Gasteiger partial charge in [-0.05, 0) is 24.3 Å². The molecule has 0 aromatic heterocycles. The Kier molecular flexibility index (Phi) is 5.42. The number of nitrogens with zero attached hydrogens (tertiary/aromatic N) is 1. The lowest BCUT2D eigenvalue weighted by atomic mass is 10.1. The second-order valence-corrected chi connectivity index (χ2v) is 5.98. The standard InChI is InChI=1S/C19H15ClN2O5/c1-26-12-6-8-16(17(10-12)22(24)25)21-19(23)11-27-18-9-7-15(20)13-4-2-3-5-14(13)18/h2-10H,11H2,1H3,(H,21,23). The Balaban J connectivity index is 1.75. The number of halogens is 1. The maximum atomic E-state index is 12.2. The Labute approximate surface area is 159 Å². The van der Waals surface area contributed by atoms with Crippen LogP contribution in [-0.4, -0.2) is 24.5 Å². The Morgan fingerprint density at radius 3 is 2.59 bits per heavy atom. The van der Waals surface area contributed by atoms with Crippen LogP contribution in [0.1, 0.15) is 0 Å². The molecule has 27 heavy (non-hydrogen) atoms. The van der Waals surface area contributed by atoms with E-state index in [1.54, 1.807) is 12.1 Å². The van der Waals surface area contributed by atoms with Crippen LogP contribution in [0.25, 0.3) is 10.8 Å². The number of carbonyl (C=O) groups excluding carboxylic acids is 1. The SMILES string of the molecule is COc1ccc(NC(=O)COc2ccc(Cl)c3ccccc23)c([N+](=O)[O-])c1. The number of nitrogens with one attached hydrogen (secondary N) is 1. The summed E-state index contributed by atoms with van der Waals surface area (Å²) in [6.07, 6.45) is 0. The largest absolute Gasteiger partial charge is 0.496 e. The smallest absolute Gasteiger partial charge is 0.296 e. The Morgan fingerprint density at radius 2 is 1.89 bits per heavy atom. The van der Waals surface area contributed by atoms with E-state index in [0.717, 1.165) is 10.8 Å². The minimum Gasteiger partial charge on any atom is -0.496 e. The van der Waals surface area contributed by atoms with Crippen molar-refractivity contribution in [3.63, 3.8) is 0 Å². The Morgan fingerprint density at radius 1 is 1.15 bits per heavy atom. The summed E-state index contributed by atoms with van der Waals surface area (Å²) in [6, 6.07) is 14.9. The molecule has 3 aromatic rings. The van der Waals surface area contributed by atoms with Crippen LogP contribution in [0.5, 0.6) is 11.5 Å². The van der Waals surface area contributed by atoms with E-state index in [2.05, 4.69) is 5.32 Å². The lowest BCUT2D eigenvalue weighted by Crippen LogP contribution is -2.20. The molecule has 0 bridgehead atoms. The summed E-state index contributed by atoms with van der Waals surface area (Å²) >= 11 is 6.16. The predicted octanol–water partition coefficient (Wildman–Crippen LogP) is 4.43. The third-order valence-corrected chi connectivity index (χ3v) is 4.19. The molecule has 0 fully saturated rings. The van der Waals surface area contributed by atoms with Crippen LogP contribution < -0.4 is 14.8 Å². The van der Waals surface area contributed by atoms with Gasteiger partial charge in [0.2, 0.25) is 0 Å². The van der Waals surface area contributed by atoms with Gasteiger partial charge < -0.3 is 14.8 Å². The van der Waals surface area contributed by atoms with Gasteiger partial charge in [0, 0.05) is 15.8 Å². The molecule has 1 amide bonds. The number of methoxy groups -OCH3 is 1. The second kappa shape index (κ2) is 7.92. The van der Waals surface area contributed by atoms with Gasteiger partial charge in [-0.15, -0.1) is 0 Å². The van der Waals surface area contributed by atoms with Crippen LogP contribution in [0, 0.1) is 10.1 Å². The number of nitro groups is 1. The molecule has 138 valence electrons. The molecular weight excluding hydrogens is 372 g/mol. The van der Waals surface area contributed by atoms with Crippen LogP contribution in [-0.2, 0) is 4.79 Å². The van der Waals surface area contributed by atoms with Gasteiger partial charge in [0.25, 0.3) is 11.6 Å². The first kappa shape index (κ1) is 18.5. The predicted molar refractivity (Wildman–Crippen MR) is 103 cm³/mol. The fraction of sp³-hybridized carbons (Fsp3) is 0.105. The number of rotatable bonds is 6. The quantitative estimate of drug-likeness (QED) is 0.500. The van der Waals surface area contributed by atoms with Gasteiger partial charge in [-0.2, -0.15) is 0 Å². The minimum absolute atomic E-state index is 0.0652. The number of hydrogen-bond donors (Lipinski definition) is 1. The van der Waals surface area contributed by atoms with E-state index in [-0.39, 0.29) is 18.0 Å². The van der Waals surface area contributed by atoms with Gasteiger partial charge in [0.15, 0.2) is 6.61 Å². The summed E-state index contributed by atoms with van der Waals surface area (Å²) in [5.74, 6) is 0.292. The Bertz CT molecular complexity index is 1020. The highest BCUT2D eigenvalue weighted by Crippen LogP contribution is 2.32. The summed E-state index contributed by atoms with van der Waals surface area (Å²) in [4.78, 5) is 22.8. The van der Waals surface area contributed by atoms with Crippen molar-refractivity contribution in [2.45, 2.75) is 0 Å². The van der Waals surface area contributed by atoms with Gasteiger partial charge in [-0.3, -0.25) is 14.9 Å². The maximum absolute atomic E-state index is 12.2. The van der Waals surface area contributed by atoms with Gasteiger partial charge in [-0.25, -0.2) is 0 Å². The summed E-state index contributed by atoms with van der Waals surface area (Å²) in [7, 11) is 1.40. The molecule has 0 aliphatic heterocycles. The van der Waals surface area contributed by atoms with E-state index in [1.807, 2.05) is 24.3 Å². The minimum atomic E-state index is -0.592. The molecule has 0 spiro atoms. The lowest BCUT2D eigenvalue weighted by Gasteiger charge is -2.11. The molecule has 0 aliphatic rings. The molecule has 1 N–H and O–H groups in total. The van der Waals surface area contributed by atoms with Crippen LogP contribution in [0.2, 0.25) is 5.02 Å². The lowest BCUT2D eigenvalue weighted by molar-refractivity contribution is -0.384. The van der Waals surface area contributed by atoms with Crippen molar-refractivity contribution in [3.8, 4) is 11.5 Å². The van der Waals surface area contributed by atoms with E-state index in [9.17, 15) is 14.9 Å². The fourth-order valence-corrected chi connectivity index (χ4v) is 2.81. The first-order valence-electron chi connectivity index (χ1n) is 7.92. The molecule has 0 aliphatic carbocycles. The van der Waals surface area contributed by atoms with Crippen molar-refractivity contribution in [2.24, 2.45) is 0 Å². The topological polar surface area (TPSA) is 90.7 Å². The number of anilines is 1.